The lowest BCUT2D eigenvalue weighted by atomic mass is 9.97. The Bertz CT molecular complexity index is 1370. The highest BCUT2D eigenvalue weighted by Gasteiger charge is 2.42. The number of anilines is 1. The fraction of sp³-hybridized carbons (Fsp3) is 0.320. The third kappa shape index (κ3) is 4.07. The molecular weight excluding hydrogens is 458 g/mol. The predicted octanol–water partition coefficient (Wildman–Crippen LogP) is 1.27. The average molecular weight is 484 g/mol. The molecule has 0 aromatic carbocycles. The quantitative estimate of drug-likeness (QED) is 0.461. The zero-order chi connectivity index (χ0) is 24.5. The van der Waals surface area contributed by atoms with E-state index in [2.05, 4.69) is 30.2 Å². The molecule has 182 valence electrons. The fourth-order valence-electron chi connectivity index (χ4n) is 4.96. The van der Waals surface area contributed by atoms with Crippen molar-refractivity contribution in [3.05, 3.63) is 78.5 Å². The van der Waals surface area contributed by atoms with Gasteiger partial charge in [0.15, 0.2) is 0 Å². The summed E-state index contributed by atoms with van der Waals surface area (Å²) in [4.78, 5) is 53.6. The minimum absolute atomic E-state index is 0.0726. The Labute approximate surface area is 207 Å². The summed E-state index contributed by atoms with van der Waals surface area (Å²) in [6.07, 6.45) is 11.8. The van der Waals surface area contributed by atoms with Gasteiger partial charge in [-0.05, 0) is 44.1 Å². The van der Waals surface area contributed by atoms with Crippen LogP contribution in [0.15, 0.2) is 61.4 Å². The Morgan fingerprint density at radius 2 is 1.72 bits per heavy atom. The molecule has 0 aliphatic carbocycles. The second-order valence-electron chi connectivity index (χ2n) is 8.93. The number of rotatable bonds is 4. The number of nitrogens with one attached hydrogen (secondary N) is 1. The summed E-state index contributed by atoms with van der Waals surface area (Å²) in [7, 11) is 0. The maximum atomic E-state index is 14.3. The van der Waals surface area contributed by atoms with Gasteiger partial charge in [0.2, 0.25) is 5.95 Å². The van der Waals surface area contributed by atoms with Gasteiger partial charge in [-0.15, -0.1) is 0 Å². The van der Waals surface area contributed by atoms with Gasteiger partial charge < -0.3 is 14.6 Å². The van der Waals surface area contributed by atoms with Crippen LogP contribution in [0.25, 0.3) is 5.65 Å². The molecule has 11 nitrogen and oxygen atoms in total. The summed E-state index contributed by atoms with van der Waals surface area (Å²) >= 11 is 0. The molecule has 1 fully saturated rings. The van der Waals surface area contributed by atoms with Crippen LogP contribution in [0.3, 0.4) is 0 Å². The zero-order valence-electron chi connectivity index (χ0n) is 19.6. The van der Waals surface area contributed by atoms with Crippen molar-refractivity contribution < 1.29 is 9.59 Å². The Morgan fingerprint density at radius 3 is 2.50 bits per heavy atom. The number of carbonyl (C=O) groups excluding carboxylic acids is 2. The number of amides is 2. The third-order valence-electron chi connectivity index (χ3n) is 6.75. The number of fused-ring (bicyclic) bond motifs is 2. The number of carbonyl (C=O) groups is 2. The molecule has 1 atom stereocenters. The predicted molar refractivity (Wildman–Crippen MR) is 130 cm³/mol. The maximum Gasteiger partial charge on any atom is 0.275 e. The summed E-state index contributed by atoms with van der Waals surface area (Å²) in [5.41, 5.74) is 2.34. The molecule has 1 saturated heterocycles. The molecule has 6 rings (SSSR count). The minimum Gasteiger partial charge on any atom is -0.319 e. The van der Waals surface area contributed by atoms with E-state index in [1.807, 2.05) is 24.4 Å². The summed E-state index contributed by atoms with van der Waals surface area (Å²) in [6, 6.07) is 6.44. The Hall–Kier alpha value is -4.25. The molecule has 1 N–H and O–H groups in total. The van der Waals surface area contributed by atoms with Crippen LogP contribution in [0.2, 0.25) is 0 Å². The van der Waals surface area contributed by atoms with Crippen molar-refractivity contribution in [2.24, 2.45) is 0 Å². The molecule has 2 amide bonds. The van der Waals surface area contributed by atoms with Crippen molar-refractivity contribution in [1.82, 2.24) is 39.5 Å². The normalized spacial score (nSPS) is 18.1. The van der Waals surface area contributed by atoms with Gasteiger partial charge in [0, 0.05) is 49.6 Å². The molecule has 2 aliphatic heterocycles. The molecule has 11 heteroatoms. The standard InChI is InChI=1S/C25H25N9O2/c35-23(20-15-32-13-2-1-4-22(32)31-20)33-16-19-18(27-11-12-28-19)14-21(33)24(36)34(17-5-9-26-10-6-17)25-29-7-3-8-30-25/h1-4,7-8,11-13,15,17,21,26H,5-6,9-10,14,16H2. The first kappa shape index (κ1) is 22.2. The Balaban J connectivity index is 1.40. The first-order valence-electron chi connectivity index (χ1n) is 12.0. The van der Waals surface area contributed by atoms with Gasteiger partial charge in [-0.25, -0.2) is 15.0 Å². The van der Waals surface area contributed by atoms with Gasteiger partial charge in [-0.3, -0.25) is 24.5 Å². The van der Waals surface area contributed by atoms with E-state index in [0.717, 1.165) is 25.9 Å². The summed E-state index contributed by atoms with van der Waals surface area (Å²) < 4.78 is 1.79. The summed E-state index contributed by atoms with van der Waals surface area (Å²) in [5.74, 6) is -0.200. The van der Waals surface area contributed by atoms with Crippen molar-refractivity contribution in [1.29, 1.82) is 0 Å². The van der Waals surface area contributed by atoms with E-state index in [4.69, 9.17) is 0 Å². The van der Waals surface area contributed by atoms with Crippen molar-refractivity contribution >= 4 is 23.4 Å². The largest absolute Gasteiger partial charge is 0.319 e. The zero-order valence-corrected chi connectivity index (χ0v) is 19.6. The van der Waals surface area contributed by atoms with Gasteiger partial charge in [-0.1, -0.05) is 6.07 Å². The van der Waals surface area contributed by atoms with Crippen LogP contribution < -0.4 is 10.2 Å². The second-order valence-corrected chi connectivity index (χ2v) is 8.93. The first-order valence-corrected chi connectivity index (χ1v) is 12.0. The maximum absolute atomic E-state index is 14.3. The van der Waals surface area contributed by atoms with E-state index in [1.165, 1.54) is 0 Å². The van der Waals surface area contributed by atoms with E-state index in [0.29, 0.717) is 23.0 Å². The lowest BCUT2D eigenvalue weighted by molar-refractivity contribution is -0.124. The van der Waals surface area contributed by atoms with Crippen molar-refractivity contribution in [3.63, 3.8) is 0 Å². The van der Waals surface area contributed by atoms with Gasteiger partial charge in [0.05, 0.1) is 17.9 Å². The van der Waals surface area contributed by atoms with Gasteiger partial charge >= 0.3 is 0 Å². The van der Waals surface area contributed by atoms with E-state index in [-0.39, 0.29) is 36.5 Å². The number of nitrogens with zero attached hydrogens (tertiary/aromatic N) is 8. The topological polar surface area (TPSA) is 122 Å². The number of pyridine rings is 1. The molecule has 0 bridgehead atoms. The Kier molecular flexibility index (Phi) is 5.82. The number of imidazole rings is 1. The van der Waals surface area contributed by atoms with E-state index >= 15 is 0 Å². The highest BCUT2D eigenvalue weighted by Crippen LogP contribution is 2.27. The van der Waals surface area contributed by atoms with Crippen molar-refractivity contribution in [2.45, 2.75) is 37.9 Å². The molecule has 0 saturated carbocycles. The van der Waals surface area contributed by atoms with E-state index in [9.17, 15) is 9.59 Å². The van der Waals surface area contributed by atoms with Crippen LogP contribution in [-0.4, -0.2) is 71.2 Å². The highest BCUT2D eigenvalue weighted by atomic mass is 16.2. The third-order valence-corrected chi connectivity index (χ3v) is 6.75. The minimum atomic E-state index is -0.787. The molecular formula is C25H25N9O2. The fourth-order valence-corrected chi connectivity index (χ4v) is 4.96. The van der Waals surface area contributed by atoms with E-state index < -0.39 is 6.04 Å². The smallest absolute Gasteiger partial charge is 0.275 e. The van der Waals surface area contributed by atoms with Crippen LogP contribution in [0, 0.1) is 0 Å². The average Bonchev–Trinajstić information content (AvgIpc) is 3.38. The molecule has 2 aliphatic rings. The van der Waals surface area contributed by atoms with Crippen LogP contribution in [0.1, 0.15) is 34.7 Å². The second kappa shape index (κ2) is 9.42. The lowest BCUT2D eigenvalue weighted by Crippen LogP contribution is -2.58. The summed E-state index contributed by atoms with van der Waals surface area (Å²) in [6.45, 7) is 1.76. The molecule has 6 heterocycles. The monoisotopic (exact) mass is 483 g/mol. The molecule has 0 radical (unpaired) electrons. The van der Waals surface area contributed by atoms with Crippen LogP contribution in [-0.2, 0) is 17.8 Å². The van der Waals surface area contributed by atoms with Gasteiger partial charge in [0.1, 0.15) is 17.4 Å². The Morgan fingerprint density at radius 1 is 0.944 bits per heavy atom. The highest BCUT2D eigenvalue weighted by molar-refractivity contribution is 6.02. The van der Waals surface area contributed by atoms with Gasteiger partial charge in [-0.2, -0.15) is 0 Å². The number of hydrogen-bond donors (Lipinski definition) is 1. The first-order chi connectivity index (χ1) is 17.7. The molecule has 4 aromatic heterocycles. The van der Waals surface area contributed by atoms with Crippen molar-refractivity contribution in [3.8, 4) is 0 Å². The lowest BCUT2D eigenvalue weighted by Gasteiger charge is -2.40. The molecule has 1 unspecified atom stereocenters. The molecule has 36 heavy (non-hydrogen) atoms. The van der Waals surface area contributed by atoms with Crippen LogP contribution in [0.5, 0.6) is 0 Å². The van der Waals surface area contributed by atoms with Crippen molar-refractivity contribution in [2.75, 3.05) is 18.0 Å². The number of aromatic nitrogens is 6. The number of piperidine rings is 1. The molecule has 4 aromatic rings. The van der Waals surface area contributed by atoms with E-state index in [1.54, 1.807) is 51.3 Å². The molecule has 0 spiro atoms. The van der Waals surface area contributed by atoms with Crippen LogP contribution in [0.4, 0.5) is 5.95 Å². The van der Waals surface area contributed by atoms with Crippen LogP contribution >= 0.6 is 0 Å². The van der Waals surface area contributed by atoms with Gasteiger partial charge in [0.25, 0.3) is 11.8 Å². The number of hydrogen-bond acceptors (Lipinski definition) is 8. The SMILES string of the molecule is O=C(c1cn2ccccc2n1)N1Cc2nccnc2CC1C(=O)N(c1ncccn1)C1CCNCC1. The summed E-state index contributed by atoms with van der Waals surface area (Å²) in [5, 5.41) is 3.34.